The summed E-state index contributed by atoms with van der Waals surface area (Å²) in [5.74, 6) is 0.689. The van der Waals surface area contributed by atoms with E-state index in [0.29, 0.717) is 34.5 Å². The standard InChI is InChI=1S/C23H27N3O4/c1-4-5-6-9-14-26-23(28)18-11-8-7-10-17(18)21(25-26)22(27)24-16-12-13-19(29-2)20(15-16)30-3/h7-8,10-13,15H,4-6,9,14H2,1-3H3,(H,24,27). The number of hydrogen-bond acceptors (Lipinski definition) is 5. The highest BCUT2D eigenvalue weighted by molar-refractivity contribution is 6.11. The molecule has 1 heterocycles. The van der Waals surface area contributed by atoms with Crippen LogP contribution in [0, 0.1) is 0 Å². The molecule has 158 valence electrons. The lowest BCUT2D eigenvalue weighted by molar-refractivity contribution is 0.102. The largest absolute Gasteiger partial charge is 0.493 e. The minimum atomic E-state index is -0.388. The van der Waals surface area contributed by atoms with Gasteiger partial charge in [-0.05, 0) is 24.6 Å². The van der Waals surface area contributed by atoms with Crippen LogP contribution < -0.4 is 20.3 Å². The Morgan fingerprint density at radius 2 is 1.73 bits per heavy atom. The highest BCUT2D eigenvalue weighted by atomic mass is 16.5. The Hall–Kier alpha value is -3.35. The summed E-state index contributed by atoms with van der Waals surface area (Å²) in [5, 5.41) is 8.27. The summed E-state index contributed by atoms with van der Waals surface area (Å²) < 4.78 is 11.9. The fraction of sp³-hybridized carbons (Fsp3) is 0.348. The highest BCUT2D eigenvalue weighted by Crippen LogP contribution is 2.30. The van der Waals surface area contributed by atoms with Gasteiger partial charge in [-0.2, -0.15) is 5.10 Å². The summed E-state index contributed by atoms with van der Waals surface area (Å²) in [4.78, 5) is 25.9. The number of carbonyl (C=O) groups is 1. The van der Waals surface area contributed by atoms with Crippen LogP contribution in [0.15, 0.2) is 47.3 Å². The SMILES string of the molecule is CCCCCCn1nc(C(=O)Nc2ccc(OC)c(OC)c2)c2ccccc2c1=O. The molecule has 0 saturated carbocycles. The number of carbonyl (C=O) groups excluding carboxylic acids is 1. The molecule has 7 heteroatoms. The third kappa shape index (κ3) is 4.62. The first-order valence-corrected chi connectivity index (χ1v) is 10.1. The van der Waals surface area contributed by atoms with Crippen molar-refractivity contribution in [3.8, 4) is 11.5 Å². The number of fused-ring (bicyclic) bond motifs is 1. The fourth-order valence-electron chi connectivity index (χ4n) is 3.35. The van der Waals surface area contributed by atoms with E-state index in [1.54, 1.807) is 49.6 Å². The van der Waals surface area contributed by atoms with E-state index in [4.69, 9.17) is 9.47 Å². The Morgan fingerprint density at radius 3 is 2.43 bits per heavy atom. The van der Waals surface area contributed by atoms with Crippen molar-refractivity contribution in [3.63, 3.8) is 0 Å². The first-order valence-electron chi connectivity index (χ1n) is 10.1. The predicted octanol–water partition coefficient (Wildman–Crippen LogP) is 4.25. The van der Waals surface area contributed by atoms with Crippen molar-refractivity contribution in [2.45, 2.75) is 39.2 Å². The number of anilines is 1. The molecule has 3 aromatic rings. The lowest BCUT2D eigenvalue weighted by Crippen LogP contribution is -2.27. The van der Waals surface area contributed by atoms with Crippen molar-refractivity contribution in [2.24, 2.45) is 0 Å². The van der Waals surface area contributed by atoms with Crippen molar-refractivity contribution in [2.75, 3.05) is 19.5 Å². The Labute approximate surface area is 175 Å². The molecule has 7 nitrogen and oxygen atoms in total. The summed E-state index contributed by atoms with van der Waals surface area (Å²) >= 11 is 0. The highest BCUT2D eigenvalue weighted by Gasteiger charge is 2.17. The van der Waals surface area contributed by atoms with Crippen LogP contribution in [0.1, 0.15) is 43.1 Å². The summed E-state index contributed by atoms with van der Waals surface area (Å²) in [6.45, 7) is 2.62. The van der Waals surface area contributed by atoms with Crippen LogP contribution >= 0.6 is 0 Å². The van der Waals surface area contributed by atoms with Crippen molar-refractivity contribution in [1.29, 1.82) is 0 Å². The lowest BCUT2D eigenvalue weighted by Gasteiger charge is -2.13. The second-order valence-corrected chi connectivity index (χ2v) is 7.01. The number of aromatic nitrogens is 2. The molecule has 0 aliphatic rings. The quantitative estimate of drug-likeness (QED) is 0.534. The van der Waals surface area contributed by atoms with E-state index in [0.717, 1.165) is 25.7 Å². The van der Waals surface area contributed by atoms with Gasteiger partial charge in [0, 0.05) is 23.7 Å². The molecule has 3 rings (SSSR count). The number of rotatable bonds is 9. The zero-order valence-corrected chi connectivity index (χ0v) is 17.6. The van der Waals surface area contributed by atoms with Crippen LogP contribution in [0.2, 0.25) is 0 Å². The third-order valence-electron chi connectivity index (χ3n) is 4.95. The van der Waals surface area contributed by atoms with Crippen LogP contribution in [-0.4, -0.2) is 29.9 Å². The van der Waals surface area contributed by atoms with Gasteiger partial charge in [0.25, 0.3) is 11.5 Å². The molecule has 0 atom stereocenters. The monoisotopic (exact) mass is 409 g/mol. The number of methoxy groups -OCH3 is 2. The van der Waals surface area contributed by atoms with E-state index < -0.39 is 0 Å². The molecule has 0 aliphatic carbocycles. The maximum atomic E-state index is 13.1. The average molecular weight is 409 g/mol. The molecule has 0 spiro atoms. The Morgan fingerprint density at radius 1 is 1.00 bits per heavy atom. The molecule has 0 radical (unpaired) electrons. The minimum Gasteiger partial charge on any atom is -0.493 e. The van der Waals surface area contributed by atoms with Crippen LogP contribution in [0.3, 0.4) is 0 Å². The first kappa shape index (κ1) is 21.4. The van der Waals surface area contributed by atoms with Crippen LogP contribution in [-0.2, 0) is 6.54 Å². The summed E-state index contributed by atoms with van der Waals surface area (Å²) in [5.41, 5.74) is 0.587. The third-order valence-corrected chi connectivity index (χ3v) is 4.95. The topological polar surface area (TPSA) is 82.5 Å². The van der Waals surface area contributed by atoms with Crippen LogP contribution in [0.5, 0.6) is 11.5 Å². The van der Waals surface area contributed by atoms with Gasteiger partial charge in [-0.25, -0.2) is 4.68 Å². The molecule has 30 heavy (non-hydrogen) atoms. The summed E-state index contributed by atoms with van der Waals surface area (Å²) in [6, 6.07) is 12.2. The maximum absolute atomic E-state index is 13.1. The molecule has 0 unspecified atom stereocenters. The Bertz CT molecular complexity index is 1090. The number of nitrogens with one attached hydrogen (secondary N) is 1. The van der Waals surface area contributed by atoms with Crippen molar-refractivity contribution in [3.05, 3.63) is 58.5 Å². The Balaban J connectivity index is 1.94. The molecule has 1 aromatic heterocycles. The fourth-order valence-corrected chi connectivity index (χ4v) is 3.35. The van der Waals surface area contributed by atoms with Gasteiger partial charge < -0.3 is 14.8 Å². The van der Waals surface area contributed by atoms with E-state index in [1.807, 2.05) is 0 Å². The van der Waals surface area contributed by atoms with E-state index in [9.17, 15) is 9.59 Å². The molecular formula is C23H27N3O4. The average Bonchev–Trinajstić information content (AvgIpc) is 2.78. The van der Waals surface area contributed by atoms with E-state index in [1.165, 1.54) is 11.8 Å². The molecular weight excluding hydrogens is 382 g/mol. The number of amides is 1. The van der Waals surface area contributed by atoms with E-state index in [-0.39, 0.29) is 17.2 Å². The maximum Gasteiger partial charge on any atom is 0.276 e. The summed E-state index contributed by atoms with van der Waals surface area (Å²) in [7, 11) is 3.09. The predicted molar refractivity (Wildman–Crippen MR) is 118 cm³/mol. The first-order chi connectivity index (χ1) is 14.6. The second kappa shape index (κ2) is 9.91. The molecule has 0 aliphatic heterocycles. The van der Waals surface area contributed by atoms with Gasteiger partial charge in [0.15, 0.2) is 17.2 Å². The van der Waals surface area contributed by atoms with E-state index >= 15 is 0 Å². The second-order valence-electron chi connectivity index (χ2n) is 7.01. The number of unbranched alkanes of at least 4 members (excludes halogenated alkanes) is 3. The van der Waals surface area contributed by atoms with Gasteiger partial charge in [-0.1, -0.05) is 44.4 Å². The van der Waals surface area contributed by atoms with Gasteiger partial charge in [0.05, 0.1) is 19.6 Å². The van der Waals surface area contributed by atoms with Gasteiger partial charge in [-0.15, -0.1) is 0 Å². The van der Waals surface area contributed by atoms with E-state index in [2.05, 4.69) is 17.3 Å². The zero-order valence-electron chi connectivity index (χ0n) is 17.6. The number of nitrogens with zero attached hydrogens (tertiary/aromatic N) is 2. The van der Waals surface area contributed by atoms with Crippen molar-refractivity contribution < 1.29 is 14.3 Å². The van der Waals surface area contributed by atoms with Gasteiger partial charge in [0.2, 0.25) is 0 Å². The summed E-state index contributed by atoms with van der Waals surface area (Å²) in [6.07, 6.45) is 4.08. The van der Waals surface area contributed by atoms with Crippen molar-refractivity contribution >= 4 is 22.4 Å². The number of benzene rings is 2. The normalized spacial score (nSPS) is 10.8. The zero-order chi connectivity index (χ0) is 21.5. The molecule has 2 aromatic carbocycles. The Kier molecular flexibility index (Phi) is 7.06. The van der Waals surface area contributed by atoms with Crippen molar-refractivity contribution in [1.82, 2.24) is 9.78 Å². The molecule has 0 saturated heterocycles. The molecule has 1 amide bonds. The lowest BCUT2D eigenvalue weighted by atomic mass is 10.1. The minimum absolute atomic E-state index is 0.176. The van der Waals surface area contributed by atoms with Gasteiger partial charge in [-0.3, -0.25) is 9.59 Å². The number of aryl methyl sites for hydroxylation is 1. The molecule has 0 bridgehead atoms. The molecule has 0 fully saturated rings. The van der Waals surface area contributed by atoms with Crippen LogP contribution in [0.4, 0.5) is 5.69 Å². The number of ether oxygens (including phenoxy) is 2. The smallest absolute Gasteiger partial charge is 0.276 e. The van der Waals surface area contributed by atoms with Gasteiger partial charge >= 0.3 is 0 Å². The molecule has 1 N–H and O–H groups in total. The van der Waals surface area contributed by atoms with Crippen LogP contribution in [0.25, 0.3) is 10.8 Å². The van der Waals surface area contributed by atoms with Gasteiger partial charge in [0.1, 0.15) is 0 Å². The number of hydrogen-bond donors (Lipinski definition) is 1.